The first-order valence-electron chi connectivity index (χ1n) is 6.09. The van der Waals surface area contributed by atoms with Crippen LogP contribution >= 0.6 is 0 Å². The molecule has 0 atom stereocenters. The zero-order valence-corrected chi connectivity index (χ0v) is 11.1. The molecule has 21 heavy (non-hydrogen) atoms. The van der Waals surface area contributed by atoms with Gasteiger partial charge in [0.1, 0.15) is 6.54 Å². The molecule has 1 aromatic carbocycles. The van der Waals surface area contributed by atoms with E-state index in [1.54, 1.807) is 4.68 Å². The van der Waals surface area contributed by atoms with E-state index in [0.29, 0.717) is 5.82 Å². The second kappa shape index (κ2) is 5.49. The average molecular weight is 285 g/mol. The first kappa shape index (κ1) is 12.9. The third kappa shape index (κ3) is 2.61. The molecule has 0 aliphatic heterocycles. The molecular formula is C12H11N7O2. The topological polar surface area (TPSA) is 101 Å². The molecule has 2 heterocycles. The van der Waals surface area contributed by atoms with Gasteiger partial charge >= 0.3 is 5.97 Å². The molecule has 0 spiro atoms. The first-order chi connectivity index (χ1) is 10.3. The Morgan fingerprint density at radius 2 is 2.00 bits per heavy atom. The van der Waals surface area contributed by atoms with Crippen molar-refractivity contribution in [2.45, 2.75) is 6.54 Å². The van der Waals surface area contributed by atoms with E-state index < -0.39 is 5.97 Å². The van der Waals surface area contributed by atoms with Crippen LogP contribution in [0.25, 0.3) is 5.69 Å². The Bertz CT molecular complexity index is 750. The fourth-order valence-electron chi connectivity index (χ4n) is 1.79. The molecule has 0 amide bonds. The number of benzene rings is 1. The number of carbonyl (C=O) groups excluding carboxylic acids is 1. The van der Waals surface area contributed by atoms with Gasteiger partial charge in [-0.2, -0.15) is 4.68 Å². The summed E-state index contributed by atoms with van der Waals surface area (Å²) in [5.41, 5.74) is 0.974. The van der Waals surface area contributed by atoms with Crippen LogP contribution in [0.2, 0.25) is 0 Å². The van der Waals surface area contributed by atoms with Crippen LogP contribution in [0.3, 0.4) is 0 Å². The predicted octanol–water partition coefficient (Wildman–Crippen LogP) is 0.0887. The molecule has 9 heteroatoms. The molecule has 106 valence electrons. The van der Waals surface area contributed by atoms with Crippen molar-refractivity contribution >= 4 is 5.97 Å². The maximum atomic E-state index is 11.3. The number of nitrogens with zero attached hydrogens (tertiary/aromatic N) is 7. The number of ether oxygens (including phenoxy) is 1. The van der Waals surface area contributed by atoms with Crippen LogP contribution in [0.15, 0.2) is 36.5 Å². The molecule has 3 aromatic rings. The standard InChI is InChI=1S/C12H11N7O2/c1-21-12(20)10-7-18(16-13-10)8-11-14-15-17-19(11)9-5-3-2-4-6-9/h2-7H,8H2,1H3. The van der Waals surface area contributed by atoms with Gasteiger partial charge in [0.2, 0.25) is 0 Å². The van der Waals surface area contributed by atoms with Crippen molar-refractivity contribution in [1.82, 2.24) is 35.2 Å². The van der Waals surface area contributed by atoms with Crippen molar-refractivity contribution < 1.29 is 9.53 Å². The highest BCUT2D eigenvalue weighted by molar-refractivity contribution is 5.86. The minimum atomic E-state index is -0.538. The summed E-state index contributed by atoms with van der Waals surface area (Å²) >= 11 is 0. The Morgan fingerprint density at radius 3 is 2.76 bits per heavy atom. The fourth-order valence-corrected chi connectivity index (χ4v) is 1.79. The third-order valence-corrected chi connectivity index (χ3v) is 2.77. The molecule has 0 saturated heterocycles. The molecule has 0 N–H and O–H groups in total. The molecule has 9 nitrogen and oxygen atoms in total. The highest BCUT2D eigenvalue weighted by Gasteiger charge is 2.13. The van der Waals surface area contributed by atoms with Gasteiger partial charge in [0, 0.05) is 0 Å². The quantitative estimate of drug-likeness (QED) is 0.626. The van der Waals surface area contributed by atoms with Gasteiger partial charge in [0.25, 0.3) is 0 Å². The van der Waals surface area contributed by atoms with Gasteiger partial charge in [-0.3, -0.25) is 0 Å². The maximum Gasteiger partial charge on any atom is 0.360 e. The monoisotopic (exact) mass is 285 g/mol. The Hall–Kier alpha value is -3.10. The van der Waals surface area contributed by atoms with E-state index in [-0.39, 0.29) is 12.2 Å². The molecule has 3 rings (SSSR count). The summed E-state index contributed by atoms with van der Waals surface area (Å²) in [5, 5.41) is 19.1. The molecule has 0 aliphatic carbocycles. The number of hydrogen-bond acceptors (Lipinski definition) is 7. The van der Waals surface area contributed by atoms with Gasteiger partial charge in [-0.25, -0.2) is 9.48 Å². The smallest absolute Gasteiger partial charge is 0.360 e. The van der Waals surface area contributed by atoms with Gasteiger partial charge in [-0.15, -0.1) is 10.2 Å². The first-order valence-corrected chi connectivity index (χ1v) is 6.09. The maximum absolute atomic E-state index is 11.3. The highest BCUT2D eigenvalue weighted by atomic mass is 16.5. The number of para-hydroxylation sites is 1. The lowest BCUT2D eigenvalue weighted by Gasteiger charge is -2.03. The zero-order chi connectivity index (χ0) is 14.7. The molecular weight excluding hydrogens is 274 g/mol. The zero-order valence-electron chi connectivity index (χ0n) is 11.1. The predicted molar refractivity (Wildman–Crippen MR) is 69.6 cm³/mol. The Kier molecular flexibility index (Phi) is 3.37. The van der Waals surface area contributed by atoms with Crippen LogP contribution in [-0.2, 0) is 11.3 Å². The Balaban J connectivity index is 1.85. The normalized spacial score (nSPS) is 10.5. The summed E-state index contributed by atoms with van der Waals surface area (Å²) in [6, 6.07) is 9.48. The summed E-state index contributed by atoms with van der Waals surface area (Å²) < 4.78 is 7.64. The van der Waals surface area contributed by atoms with Gasteiger partial charge < -0.3 is 4.74 Å². The van der Waals surface area contributed by atoms with E-state index in [4.69, 9.17) is 0 Å². The van der Waals surface area contributed by atoms with E-state index in [9.17, 15) is 4.79 Å². The minimum absolute atomic E-state index is 0.135. The summed E-state index contributed by atoms with van der Waals surface area (Å²) in [7, 11) is 1.29. The van der Waals surface area contributed by atoms with E-state index in [2.05, 4.69) is 30.6 Å². The van der Waals surface area contributed by atoms with E-state index >= 15 is 0 Å². The molecule has 2 aromatic heterocycles. The summed E-state index contributed by atoms with van der Waals surface area (Å²) in [6.45, 7) is 0.284. The Labute approximate surface area is 119 Å². The van der Waals surface area contributed by atoms with Gasteiger partial charge in [0.15, 0.2) is 11.5 Å². The van der Waals surface area contributed by atoms with Gasteiger partial charge in [0.05, 0.1) is 19.0 Å². The minimum Gasteiger partial charge on any atom is -0.464 e. The molecule has 0 bridgehead atoms. The lowest BCUT2D eigenvalue weighted by atomic mass is 10.3. The van der Waals surface area contributed by atoms with Crippen molar-refractivity contribution in [3.05, 3.63) is 48.0 Å². The van der Waals surface area contributed by atoms with Crippen molar-refractivity contribution in [3.8, 4) is 5.69 Å². The van der Waals surface area contributed by atoms with Crippen LogP contribution in [0.5, 0.6) is 0 Å². The lowest BCUT2D eigenvalue weighted by Crippen LogP contribution is -2.09. The largest absolute Gasteiger partial charge is 0.464 e. The van der Waals surface area contributed by atoms with Crippen molar-refractivity contribution in [2.24, 2.45) is 0 Å². The number of hydrogen-bond donors (Lipinski definition) is 0. The van der Waals surface area contributed by atoms with Gasteiger partial charge in [-0.05, 0) is 22.6 Å². The fraction of sp³-hybridized carbons (Fsp3) is 0.167. The van der Waals surface area contributed by atoms with Crippen molar-refractivity contribution in [1.29, 1.82) is 0 Å². The molecule has 0 unspecified atom stereocenters. The third-order valence-electron chi connectivity index (χ3n) is 2.77. The lowest BCUT2D eigenvalue weighted by molar-refractivity contribution is 0.0594. The number of esters is 1. The van der Waals surface area contributed by atoms with Crippen molar-refractivity contribution in [2.75, 3.05) is 7.11 Å². The average Bonchev–Trinajstić information content (AvgIpc) is 3.17. The van der Waals surface area contributed by atoms with Crippen LogP contribution in [-0.4, -0.2) is 48.3 Å². The molecule has 0 radical (unpaired) electrons. The van der Waals surface area contributed by atoms with Crippen molar-refractivity contribution in [3.63, 3.8) is 0 Å². The summed E-state index contributed by atoms with van der Waals surface area (Å²) in [5.74, 6) is 0.0337. The number of aromatic nitrogens is 7. The van der Waals surface area contributed by atoms with Crippen LogP contribution in [0.1, 0.15) is 16.3 Å². The number of tetrazole rings is 1. The molecule has 0 saturated carbocycles. The summed E-state index contributed by atoms with van der Waals surface area (Å²) in [4.78, 5) is 11.3. The van der Waals surface area contributed by atoms with E-state index in [1.165, 1.54) is 18.0 Å². The van der Waals surface area contributed by atoms with Crippen LogP contribution < -0.4 is 0 Å². The van der Waals surface area contributed by atoms with E-state index in [1.807, 2.05) is 30.3 Å². The second-order valence-electron chi connectivity index (χ2n) is 4.14. The molecule has 0 fully saturated rings. The number of carbonyl (C=O) groups is 1. The SMILES string of the molecule is COC(=O)c1cn(Cc2nnnn2-c2ccccc2)nn1. The second-order valence-corrected chi connectivity index (χ2v) is 4.14. The number of methoxy groups -OCH3 is 1. The van der Waals surface area contributed by atoms with Gasteiger partial charge in [-0.1, -0.05) is 23.4 Å². The number of rotatable bonds is 4. The van der Waals surface area contributed by atoms with Crippen LogP contribution in [0, 0.1) is 0 Å². The Morgan fingerprint density at radius 1 is 1.19 bits per heavy atom. The van der Waals surface area contributed by atoms with E-state index in [0.717, 1.165) is 5.69 Å². The van der Waals surface area contributed by atoms with Crippen LogP contribution in [0.4, 0.5) is 0 Å². The highest BCUT2D eigenvalue weighted by Crippen LogP contribution is 2.08. The summed E-state index contributed by atoms with van der Waals surface area (Å²) in [6.07, 6.45) is 1.48. The molecule has 0 aliphatic rings.